The number of hydrogen-bond acceptors (Lipinski definition) is 5. The Balaban J connectivity index is 2.03. The van der Waals surface area contributed by atoms with E-state index in [1.165, 1.54) is 4.90 Å². The standard InChI is InChI=1S/C20H23N3O5/c1-14(2)17(22-20(27)28-13-15-7-4-3-5-8-15)19(26)23-11-6-9-16(23)18(25)21-10-12-24/h3-5,7-9,12H,6,10-11,13H2,1-2H3,(H,21,25)(H,22,27). The van der Waals surface area contributed by atoms with Crippen LogP contribution in [-0.4, -0.2) is 42.2 Å². The first-order valence-corrected chi connectivity index (χ1v) is 8.83. The van der Waals surface area contributed by atoms with Crippen LogP contribution in [0.25, 0.3) is 0 Å². The average Bonchev–Trinajstić information content (AvgIpc) is 3.18. The van der Waals surface area contributed by atoms with Gasteiger partial charge in [0.2, 0.25) is 0 Å². The van der Waals surface area contributed by atoms with E-state index in [0.29, 0.717) is 24.8 Å². The number of ether oxygens (including phenoxy) is 1. The Morgan fingerprint density at radius 2 is 1.89 bits per heavy atom. The van der Waals surface area contributed by atoms with Gasteiger partial charge in [0.1, 0.15) is 24.3 Å². The van der Waals surface area contributed by atoms with Gasteiger partial charge in [0, 0.05) is 6.54 Å². The molecule has 0 unspecified atom stereocenters. The third-order valence-electron chi connectivity index (χ3n) is 3.96. The van der Waals surface area contributed by atoms with E-state index in [0.717, 1.165) is 5.56 Å². The average molecular weight is 385 g/mol. The highest BCUT2D eigenvalue weighted by Gasteiger charge is 2.30. The van der Waals surface area contributed by atoms with Gasteiger partial charge < -0.3 is 19.7 Å². The van der Waals surface area contributed by atoms with Crippen LogP contribution in [0.5, 0.6) is 0 Å². The second-order valence-corrected chi connectivity index (χ2v) is 6.27. The monoisotopic (exact) mass is 385 g/mol. The number of aldehydes is 1. The van der Waals surface area contributed by atoms with Gasteiger partial charge in [-0.25, -0.2) is 4.79 Å². The lowest BCUT2D eigenvalue weighted by atomic mass is 10.2. The van der Waals surface area contributed by atoms with Gasteiger partial charge in [0.15, 0.2) is 0 Å². The lowest BCUT2D eigenvalue weighted by Gasteiger charge is -2.22. The zero-order chi connectivity index (χ0) is 20.5. The van der Waals surface area contributed by atoms with E-state index in [-0.39, 0.29) is 24.5 Å². The van der Waals surface area contributed by atoms with Crippen LogP contribution >= 0.6 is 0 Å². The van der Waals surface area contributed by atoms with Crippen molar-refractivity contribution in [1.82, 2.24) is 15.5 Å². The Morgan fingerprint density at radius 1 is 1.18 bits per heavy atom. The summed E-state index contributed by atoms with van der Waals surface area (Å²) in [5.74, 6) is -1.03. The summed E-state index contributed by atoms with van der Waals surface area (Å²) in [5.41, 5.74) is 1.60. The molecule has 1 aromatic rings. The number of alkyl carbamates (subject to hydrolysis) is 1. The van der Waals surface area contributed by atoms with E-state index >= 15 is 0 Å². The minimum absolute atomic E-state index is 0.0500. The van der Waals surface area contributed by atoms with Crippen molar-refractivity contribution in [2.45, 2.75) is 26.9 Å². The van der Waals surface area contributed by atoms with E-state index < -0.39 is 17.9 Å². The van der Waals surface area contributed by atoms with Crippen molar-refractivity contribution in [3.63, 3.8) is 0 Å². The van der Waals surface area contributed by atoms with Crippen molar-refractivity contribution in [2.24, 2.45) is 0 Å². The van der Waals surface area contributed by atoms with Crippen LogP contribution in [0.3, 0.4) is 0 Å². The number of carbonyl (C=O) groups excluding carboxylic acids is 4. The van der Waals surface area contributed by atoms with Crippen molar-refractivity contribution in [1.29, 1.82) is 0 Å². The molecule has 0 bridgehead atoms. The van der Waals surface area contributed by atoms with E-state index in [2.05, 4.69) is 10.6 Å². The lowest BCUT2D eigenvalue weighted by molar-refractivity contribution is -0.129. The minimum Gasteiger partial charge on any atom is -0.444 e. The fourth-order valence-corrected chi connectivity index (χ4v) is 2.60. The molecule has 0 aliphatic carbocycles. The van der Waals surface area contributed by atoms with Gasteiger partial charge in [-0.2, -0.15) is 0 Å². The molecule has 8 heteroatoms. The molecule has 2 N–H and O–H groups in total. The van der Waals surface area contributed by atoms with E-state index in [9.17, 15) is 19.2 Å². The highest BCUT2D eigenvalue weighted by atomic mass is 16.5. The first kappa shape index (κ1) is 20.9. The van der Waals surface area contributed by atoms with Gasteiger partial charge in [0.05, 0.1) is 6.54 Å². The normalized spacial score (nSPS) is 12.6. The summed E-state index contributed by atoms with van der Waals surface area (Å²) in [6.45, 7) is 3.59. The quantitative estimate of drug-likeness (QED) is 0.548. The van der Waals surface area contributed by atoms with Gasteiger partial charge >= 0.3 is 6.09 Å². The first-order chi connectivity index (χ1) is 13.4. The highest BCUT2D eigenvalue weighted by Crippen LogP contribution is 2.19. The number of benzene rings is 1. The van der Waals surface area contributed by atoms with Gasteiger partial charge in [-0.15, -0.1) is 0 Å². The van der Waals surface area contributed by atoms with Crippen LogP contribution in [0.1, 0.15) is 25.8 Å². The fraction of sp³-hybridized carbons (Fsp3) is 0.300. The molecular weight excluding hydrogens is 362 g/mol. The molecule has 0 saturated carbocycles. The Bertz CT molecular complexity index is 810. The molecule has 1 aromatic carbocycles. The van der Waals surface area contributed by atoms with Gasteiger partial charge in [-0.3, -0.25) is 14.9 Å². The smallest absolute Gasteiger partial charge is 0.412 e. The summed E-state index contributed by atoms with van der Waals surface area (Å²) in [5, 5.41) is 4.89. The molecule has 0 atom stereocenters. The number of nitrogens with zero attached hydrogens (tertiary/aromatic N) is 1. The zero-order valence-electron chi connectivity index (χ0n) is 15.9. The number of carbonyl (C=O) groups is 4. The predicted octanol–water partition coefficient (Wildman–Crippen LogP) is 1.64. The number of allylic oxidation sites excluding steroid dienone is 1. The summed E-state index contributed by atoms with van der Waals surface area (Å²) in [6, 6.07) is 9.16. The molecule has 0 fully saturated rings. The molecule has 28 heavy (non-hydrogen) atoms. The Kier molecular flexibility index (Phi) is 7.50. The fourth-order valence-electron chi connectivity index (χ4n) is 2.60. The van der Waals surface area contributed by atoms with Gasteiger partial charge in [-0.05, 0) is 31.4 Å². The molecule has 1 aliphatic rings. The number of nitrogens with one attached hydrogen (secondary N) is 2. The summed E-state index contributed by atoms with van der Waals surface area (Å²) in [7, 11) is 0. The van der Waals surface area contributed by atoms with Crippen molar-refractivity contribution in [3.8, 4) is 0 Å². The Hall–Kier alpha value is -3.42. The third-order valence-corrected chi connectivity index (χ3v) is 3.96. The molecular formula is C20H23N3O5. The van der Waals surface area contributed by atoms with E-state index in [1.54, 1.807) is 19.9 Å². The summed E-state index contributed by atoms with van der Waals surface area (Å²) >= 11 is 0. The van der Waals surface area contributed by atoms with Gasteiger partial charge in [-0.1, -0.05) is 36.4 Å². The number of amides is 3. The Morgan fingerprint density at radius 3 is 2.54 bits per heavy atom. The minimum atomic E-state index is -0.761. The molecule has 3 amide bonds. The molecule has 1 heterocycles. The lowest BCUT2D eigenvalue weighted by Crippen LogP contribution is -2.41. The van der Waals surface area contributed by atoms with Crippen molar-refractivity contribution in [3.05, 3.63) is 58.9 Å². The van der Waals surface area contributed by atoms with E-state index in [1.807, 2.05) is 30.3 Å². The maximum atomic E-state index is 12.9. The zero-order valence-corrected chi connectivity index (χ0v) is 15.9. The number of hydrogen-bond donors (Lipinski definition) is 2. The maximum absolute atomic E-state index is 12.9. The maximum Gasteiger partial charge on any atom is 0.412 e. The van der Waals surface area contributed by atoms with Crippen LogP contribution in [-0.2, 0) is 25.7 Å². The topological polar surface area (TPSA) is 105 Å². The van der Waals surface area contributed by atoms with Crippen LogP contribution < -0.4 is 10.6 Å². The molecule has 2 rings (SSSR count). The molecule has 1 aliphatic heterocycles. The number of rotatable bonds is 7. The first-order valence-electron chi connectivity index (χ1n) is 8.83. The second kappa shape index (κ2) is 10.1. The van der Waals surface area contributed by atoms with Crippen LogP contribution in [0.2, 0.25) is 0 Å². The molecule has 0 spiro atoms. The molecule has 0 aromatic heterocycles. The molecule has 148 valence electrons. The predicted molar refractivity (Wildman–Crippen MR) is 102 cm³/mol. The highest BCUT2D eigenvalue weighted by molar-refractivity contribution is 6.04. The second-order valence-electron chi connectivity index (χ2n) is 6.27. The van der Waals surface area contributed by atoms with Crippen LogP contribution in [0, 0.1) is 0 Å². The largest absolute Gasteiger partial charge is 0.444 e. The van der Waals surface area contributed by atoms with Crippen molar-refractivity contribution < 1.29 is 23.9 Å². The summed E-state index contributed by atoms with van der Waals surface area (Å²) in [4.78, 5) is 48.9. The Labute approximate surface area is 163 Å². The molecule has 0 radical (unpaired) electrons. The van der Waals surface area contributed by atoms with Crippen molar-refractivity contribution in [2.75, 3.05) is 13.1 Å². The van der Waals surface area contributed by atoms with Crippen molar-refractivity contribution >= 4 is 24.2 Å². The van der Waals surface area contributed by atoms with Gasteiger partial charge in [0.25, 0.3) is 11.8 Å². The summed E-state index contributed by atoms with van der Waals surface area (Å²) < 4.78 is 5.16. The van der Waals surface area contributed by atoms with Crippen LogP contribution in [0.4, 0.5) is 4.79 Å². The molecule has 0 saturated heterocycles. The SMILES string of the molecule is CC(C)=C(NC(=O)OCc1ccccc1)C(=O)N1CCC=C1C(=O)NCC=O. The molecule has 8 nitrogen and oxygen atoms in total. The van der Waals surface area contributed by atoms with E-state index in [4.69, 9.17) is 4.74 Å². The van der Waals surface area contributed by atoms with Crippen LogP contribution in [0.15, 0.2) is 53.4 Å². The summed E-state index contributed by atoms with van der Waals surface area (Å²) in [6.07, 6.45) is 1.92. The third kappa shape index (κ3) is 5.54.